The van der Waals surface area contributed by atoms with E-state index in [-0.39, 0.29) is 6.54 Å². The maximum absolute atomic E-state index is 10.6. The number of nitrogens with one attached hydrogen (secondary N) is 1. The van der Waals surface area contributed by atoms with Crippen molar-refractivity contribution in [3.63, 3.8) is 0 Å². The summed E-state index contributed by atoms with van der Waals surface area (Å²) in [6.45, 7) is 2.34. The molecular weight excluding hydrogens is 224 g/mol. The van der Waals surface area contributed by atoms with Crippen LogP contribution in [0.2, 0.25) is 0 Å². The monoisotopic (exact) mass is 238 g/mol. The van der Waals surface area contributed by atoms with Crippen molar-refractivity contribution in [1.29, 1.82) is 0 Å². The van der Waals surface area contributed by atoms with Gasteiger partial charge in [0, 0.05) is 17.9 Å². The smallest absolute Gasteiger partial charge is 0.409 e. The molecule has 1 aromatic rings. The van der Waals surface area contributed by atoms with Crippen molar-refractivity contribution in [3.8, 4) is 0 Å². The minimum Gasteiger partial charge on any atom is -0.480 e. The molecular formula is C11H14N2O4. The zero-order chi connectivity index (χ0) is 12.8. The molecule has 1 amide bonds. The van der Waals surface area contributed by atoms with E-state index >= 15 is 0 Å². The van der Waals surface area contributed by atoms with Crippen LogP contribution in [0.25, 0.3) is 0 Å². The van der Waals surface area contributed by atoms with Gasteiger partial charge in [-0.3, -0.25) is 10.1 Å². The summed E-state index contributed by atoms with van der Waals surface area (Å²) in [5.74, 6) is -0.903. The number of rotatable bonds is 5. The van der Waals surface area contributed by atoms with Gasteiger partial charge in [0.25, 0.3) is 0 Å². The number of hydrogen-bond donors (Lipinski definition) is 3. The number of aliphatic carboxylic acids is 1. The summed E-state index contributed by atoms with van der Waals surface area (Å²) in [5, 5.41) is 19.4. The van der Waals surface area contributed by atoms with Crippen LogP contribution in [0.15, 0.2) is 24.3 Å². The number of nitrogens with zero attached hydrogens (tertiary/aromatic N) is 1. The normalized spacial score (nSPS) is 9.71. The van der Waals surface area contributed by atoms with Crippen LogP contribution in [0, 0.1) is 0 Å². The first-order valence-electron chi connectivity index (χ1n) is 5.09. The highest BCUT2D eigenvalue weighted by atomic mass is 16.4. The van der Waals surface area contributed by atoms with E-state index in [2.05, 4.69) is 5.32 Å². The Balaban J connectivity index is 2.77. The highest BCUT2D eigenvalue weighted by molar-refractivity contribution is 5.83. The molecule has 0 aliphatic carbocycles. The lowest BCUT2D eigenvalue weighted by Gasteiger charge is -2.20. The van der Waals surface area contributed by atoms with Gasteiger partial charge in [-0.2, -0.15) is 0 Å². The van der Waals surface area contributed by atoms with Crippen molar-refractivity contribution in [3.05, 3.63) is 24.3 Å². The van der Waals surface area contributed by atoms with Gasteiger partial charge in [-0.1, -0.05) is 0 Å². The van der Waals surface area contributed by atoms with Crippen molar-refractivity contribution in [2.75, 3.05) is 23.3 Å². The van der Waals surface area contributed by atoms with Crippen LogP contribution >= 0.6 is 0 Å². The zero-order valence-corrected chi connectivity index (χ0v) is 9.38. The van der Waals surface area contributed by atoms with Gasteiger partial charge in [0.15, 0.2) is 0 Å². The molecule has 0 aliphatic rings. The lowest BCUT2D eigenvalue weighted by molar-refractivity contribution is -0.135. The Morgan fingerprint density at radius 2 is 1.82 bits per heavy atom. The van der Waals surface area contributed by atoms with Crippen LogP contribution in [-0.2, 0) is 4.79 Å². The van der Waals surface area contributed by atoms with Crippen LogP contribution in [-0.4, -0.2) is 35.4 Å². The lowest BCUT2D eigenvalue weighted by atomic mass is 10.2. The molecule has 0 aliphatic heterocycles. The number of likely N-dealkylation sites (N-methyl/N-ethyl adjacent to an activating group) is 1. The molecule has 6 nitrogen and oxygen atoms in total. The molecule has 0 saturated heterocycles. The molecule has 0 fully saturated rings. The number of benzene rings is 1. The summed E-state index contributed by atoms with van der Waals surface area (Å²) in [5.41, 5.74) is 1.19. The minimum absolute atomic E-state index is 0.0811. The summed E-state index contributed by atoms with van der Waals surface area (Å²) < 4.78 is 0. The molecule has 1 rings (SSSR count). The molecule has 17 heavy (non-hydrogen) atoms. The fourth-order valence-corrected chi connectivity index (χ4v) is 1.43. The van der Waals surface area contributed by atoms with E-state index in [1.54, 1.807) is 29.2 Å². The Kier molecular flexibility index (Phi) is 4.33. The zero-order valence-electron chi connectivity index (χ0n) is 9.38. The first-order valence-corrected chi connectivity index (χ1v) is 5.09. The molecule has 6 heteroatoms. The number of anilines is 2. The predicted molar refractivity (Wildman–Crippen MR) is 63.6 cm³/mol. The fourth-order valence-electron chi connectivity index (χ4n) is 1.43. The molecule has 0 saturated carbocycles. The number of carbonyl (C=O) groups is 2. The molecule has 0 atom stereocenters. The van der Waals surface area contributed by atoms with E-state index in [4.69, 9.17) is 10.2 Å². The molecule has 0 bridgehead atoms. The van der Waals surface area contributed by atoms with E-state index in [0.29, 0.717) is 12.2 Å². The third-order valence-corrected chi connectivity index (χ3v) is 2.19. The van der Waals surface area contributed by atoms with Crippen molar-refractivity contribution in [2.24, 2.45) is 0 Å². The number of carboxylic acid groups (broad SMARTS) is 2. The highest BCUT2D eigenvalue weighted by Gasteiger charge is 2.08. The Hall–Kier alpha value is -2.24. The number of amides is 1. The Morgan fingerprint density at radius 1 is 1.24 bits per heavy atom. The van der Waals surface area contributed by atoms with E-state index < -0.39 is 12.1 Å². The Morgan fingerprint density at radius 3 is 2.24 bits per heavy atom. The first-order chi connectivity index (χ1) is 8.02. The number of carboxylic acids is 1. The molecule has 0 radical (unpaired) electrons. The minimum atomic E-state index is -1.13. The molecule has 3 N–H and O–H groups in total. The molecule has 0 aromatic heterocycles. The van der Waals surface area contributed by atoms with Gasteiger partial charge in [0.1, 0.15) is 6.54 Å². The summed E-state index contributed by atoms with van der Waals surface area (Å²) in [6, 6.07) is 6.54. The Bertz CT molecular complexity index is 402. The van der Waals surface area contributed by atoms with E-state index in [1.807, 2.05) is 6.92 Å². The van der Waals surface area contributed by atoms with Crippen LogP contribution in [0.4, 0.5) is 16.2 Å². The SMILES string of the molecule is CCN(CC(=O)O)c1ccc(NC(=O)O)cc1. The van der Waals surface area contributed by atoms with Gasteiger partial charge < -0.3 is 15.1 Å². The largest absolute Gasteiger partial charge is 0.480 e. The number of hydrogen-bond acceptors (Lipinski definition) is 3. The topological polar surface area (TPSA) is 89.9 Å². The fraction of sp³-hybridized carbons (Fsp3) is 0.273. The van der Waals surface area contributed by atoms with Crippen LogP contribution in [0.3, 0.4) is 0 Å². The van der Waals surface area contributed by atoms with Gasteiger partial charge in [-0.15, -0.1) is 0 Å². The summed E-state index contributed by atoms with van der Waals surface area (Å²) in [6.07, 6.45) is -1.13. The average Bonchev–Trinajstić information content (AvgIpc) is 2.26. The van der Waals surface area contributed by atoms with E-state index in [9.17, 15) is 9.59 Å². The van der Waals surface area contributed by atoms with Gasteiger partial charge in [-0.05, 0) is 31.2 Å². The highest BCUT2D eigenvalue weighted by Crippen LogP contribution is 2.17. The molecule has 0 unspecified atom stereocenters. The summed E-state index contributed by atoms with van der Waals surface area (Å²) in [4.78, 5) is 22.7. The molecule has 0 heterocycles. The van der Waals surface area contributed by atoms with Crippen molar-refractivity contribution < 1.29 is 19.8 Å². The van der Waals surface area contributed by atoms with Gasteiger partial charge in [-0.25, -0.2) is 4.79 Å². The van der Waals surface area contributed by atoms with Crippen molar-refractivity contribution in [2.45, 2.75) is 6.92 Å². The standard InChI is InChI=1S/C11H14N2O4/c1-2-13(7-10(14)15)9-5-3-8(4-6-9)12-11(16)17/h3-6,12H,2,7H2,1H3,(H,14,15)(H,16,17). The van der Waals surface area contributed by atoms with Crippen LogP contribution in [0.5, 0.6) is 0 Å². The first kappa shape index (κ1) is 12.8. The van der Waals surface area contributed by atoms with Crippen LogP contribution in [0.1, 0.15) is 6.92 Å². The van der Waals surface area contributed by atoms with Crippen molar-refractivity contribution >= 4 is 23.4 Å². The van der Waals surface area contributed by atoms with Gasteiger partial charge >= 0.3 is 12.1 Å². The molecule has 92 valence electrons. The quantitative estimate of drug-likeness (QED) is 0.726. The van der Waals surface area contributed by atoms with Crippen LogP contribution < -0.4 is 10.2 Å². The van der Waals surface area contributed by atoms with Crippen molar-refractivity contribution in [1.82, 2.24) is 0 Å². The second-order valence-electron chi connectivity index (χ2n) is 3.38. The molecule has 0 spiro atoms. The maximum atomic E-state index is 10.6. The summed E-state index contributed by atoms with van der Waals surface area (Å²) in [7, 11) is 0. The van der Waals surface area contributed by atoms with Gasteiger partial charge in [0.05, 0.1) is 0 Å². The lowest BCUT2D eigenvalue weighted by Crippen LogP contribution is -2.29. The van der Waals surface area contributed by atoms with E-state index in [1.165, 1.54) is 0 Å². The van der Waals surface area contributed by atoms with Gasteiger partial charge in [0.2, 0.25) is 0 Å². The predicted octanol–water partition coefficient (Wildman–Crippen LogP) is 1.69. The maximum Gasteiger partial charge on any atom is 0.409 e. The third kappa shape index (κ3) is 4.02. The second-order valence-corrected chi connectivity index (χ2v) is 3.38. The third-order valence-electron chi connectivity index (χ3n) is 2.19. The second kappa shape index (κ2) is 5.74. The summed E-state index contributed by atoms with van der Waals surface area (Å²) >= 11 is 0. The molecule has 1 aromatic carbocycles. The Labute approximate surface area is 98.5 Å². The van der Waals surface area contributed by atoms with E-state index in [0.717, 1.165) is 5.69 Å². The average molecular weight is 238 g/mol.